The SMILES string of the molecule is CNC(CO)CN1CCCCC1C. The number of piperidine rings is 1. The highest BCUT2D eigenvalue weighted by Gasteiger charge is 2.20. The summed E-state index contributed by atoms with van der Waals surface area (Å²) in [7, 11) is 1.91. The van der Waals surface area contributed by atoms with Crippen LogP contribution < -0.4 is 5.32 Å². The number of aliphatic hydroxyl groups is 1. The lowest BCUT2D eigenvalue weighted by atomic mass is 10.0. The molecule has 78 valence electrons. The molecule has 2 unspecified atom stereocenters. The van der Waals surface area contributed by atoms with Crippen LogP contribution >= 0.6 is 0 Å². The number of rotatable bonds is 4. The van der Waals surface area contributed by atoms with E-state index in [-0.39, 0.29) is 12.6 Å². The number of likely N-dealkylation sites (tertiary alicyclic amines) is 1. The maximum atomic E-state index is 9.05. The lowest BCUT2D eigenvalue weighted by molar-refractivity contribution is 0.125. The summed E-state index contributed by atoms with van der Waals surface area (Å²) in [5.41, 5.74) is 0. The maximum Gasteiger partial charge on any atom is 0.0597 e. The Balaban J connectivity index is 2.32. The second-order valence-electron chi connectivity index (χ2n) is 4.01. The summed E-state index contributed by atoms with van der Waals surface area (Å²) in [6.07, 6.45) is 3.98. The Labute approximate surface area is 81.1 Å². The Bertz CT molecular complexity index is 137. The molecule has 1 aliphatic heterocycles. The summed E-state index contributed by atoms with van der Waals surface area (Å²) in [5, 5.41) is 12.2. The van der Waals surface area contributed by atoms with Crippen molar-refractivity contribution in [3.63, 3.8) is 0 Å². The van der Waals surface area contributed by atoms with Gasteiger partial charge in [-0.25, -0.2) is 0 Å². The van der Waals surface area contributed by atoms with Crippen molar-refractivity contribution >= 4 is 0 Å². The standard InChI is InChI=1S/C10H22N2O/c1-9-5-3-4-6-12(9)7-10(8-13)11-2/h9-11,13H,3-8H2,1-2H3. The zero-order valence-electron chi connectivity index (χ0n) is 8.79. The first-order valence-electron chi connectivity index (χ1n) is 5.30. The van der Waals surface area contributed by atoms with Gasteiger partial charge < -0.3 is 10.4 Å². The van der Waals surface area contributed by atoms with Crippen molar-refractivity contribution in [3.05, 3.63) is 0 Å². The largest absolute Gasteiger partial charge is 0.395 e. The van der Waals surface area contributed by atoms with E-state index in [9.17, 15) is 0 Å². The Morgan fingerprint density at radius 1 is 1.54 bits per heavy atom. The molecule has 1 saturated heterocycles. The van der Waals surface area contributed by atoms with Gasteiger partial charge in [0, 0.05) is 18.6 Å². The number of likely N-dealkylation sites (N-methyl/N-ethyl adjacent to an activating group) is 1. The fourth-order valence-electron chi connectivity index (χ4n) is 1.95. The first-order valence-corrected chi connectivity index (χ1v) is 5.30. The highest BCUT2D eigenvalue weighted by Crippen LogP contribution is 2.16. The summed E-state index contributed by atoms with van der Waals surface area (Å²) >= 11 is 0. The molecule has 0 amide bonds. The van der Waals surface area contributed by atoms with Gasteiger partial charge in [-0.15, -0.1) is 0 Å². The van der Waals surface area contributed by atoms with Crippen LogP contribution in [0.2, 0.25) is 0 Å². The van der Waals surface area contributed by atoms with Crippen LogP contribution in [0, 0.1) is 0 Å². The number of aliphatic hydroxyl groups excluding tert-OH is 1. The molecule has 1 fully saturated rings. The van der Waals surface area contributed by atoms with Crippen LogP contribution in [-0.2, 0) is 0 Å². The van der Waals surface area contributed by atoms with Gasteiger partial charge in [-0.2, -0.15) is 0 Å². The molecule has 0 saturated carbocycles. The lowest BCUT2D eigenvalue weighted by Crippen LogP contribution is -2.47. The first-order chi connectivity index (χ1) is 6.27. The third kappa shape index (κ3) is 3.25. The molecular formula is C10H22N2O. The smallest absolute Gasteiger partial charge is 0.0597 e. The highest BCUT2D eigenvalue weighted by molar-refractivity contribution is 4.77. The summed E-state index contributed by atoms with van der Waals surface area (Å²) < 4.78 is 0. The van der Waals surface area contributed by atoms with E-state index in [1.807, 2.05) is 7.05 Å². The Hall–Kier alpha value is -0.120. The third-order valence-corrected chi connectivity index (χ3v) is 3.02. The number of hydrogen-bond acceptors (Lipinski definition) is 3. The molecule has 0 radical (unpaired) electrons. The molecule has 1 rings (SSSR count). The van der Waals surface area contributed by atoms with Gasteiger partial charge in [-0.05, 0) is 33.4 Å². The van der Waals surface area contributed by atoms with Crippen LogP contribution in [-0.4, -0.2) is 48.8 Å². The molecule has 3 heteroatoms. The van der Waals surface area contributed by atoms with Gasteiger partial charge in [0.25, 0.3) is 0 Å². The summed E-state index contributed by atoms with van der Waals surface area (Å²) in [6, 6.07) is 0.927. The number of hydrogen-bond donors (Lipinski definition) is 2. The van der Waals surface area contributed by atoms with Crippen molar-refractivity contribution in [1.29, 1.82) is 0 Å². The molecule has 0 spiro atoms. The van der Waals surface area contributed by atoms with Crippen molar-refractivity contribution in [1.82, 2.24) is 10.2 Å². The molecule has 0 aromatic heterocycles. The normalized spacial score (nSPS) is 27.5. The second kappa shape index (κ2) is 5.58. The predicted octanol–water partition coefficient (Wildman–Crippen LogP) is 0.441. The molecule has 0 bridgehead atoms. The zero-order chi connectivity index (χ0) is 9.68. The van der Waals surface area contributed by atoms with Crippen LogP contribution in [0.4, 0.5) is 0 Å². The molecule has 2 N–H and O–H groups in total. The Morgan fingerprint density at radius 2 is 2.31 bits per heavy atom. The van der Waals surface area contributed by atoms with E-state index >= 15 is 0 Å². The van der Waals surface area contributed by atoms with Crippen LogP contribution in [0.15, 0.2) is 0 Å². The van der Waals surface area contributed by atoms with E-state index < -0.39 is 0 Å². The highest BCUT2D eigenvalue weighted by atomic mass is 16.3. The molecule has 0 aliphatic carbocycles. The number of nitrogens with one attached hydrogen (secondary N) is 1. The van der Waals surface area contributed by atoms with E-state index in [0.29, 0.717) is 6.04 Å². The third-order valence-electron chi connectivity index (χ3n) is 3.02. The molecule has 3 nitrogen and oxygen atoms in total. The predicted molar refractivity (Wildman–Crippen MR) is 54.8 cm³/mol. The van der Waals surface area contributed by atoms with Gasteiger partial charge >= 0.3 is 0 Å². The summed E-state index contributed by atoms with van der Waals surface area (Å²) in [6.45, 7) is 4.69. The van der Waals surface area contributed by atoms with E-state index in [4.69, 9.17) is 5.11 Å². The minimum atomic E-state index is 0.236. The average Bonchev–Trinajstić information content (AvgIpc) is 2.17. The van der Waals surface area contributed by atoms with Crippen LogP contribution in [0.25, 0.3) is 0 Å². The van der Waals surface area contributed by atoms with Crippen molar-refractivity contribution < 1.29 is 5.11 Å². The van der Waals surface area contributed by atoms with Crippen LogP contribution in [0.5, 0.6) is 0 Å². The maximum absolute atomic E-state index is 9.05. The van der Waals surface area contributed by atoms with E-state index in [1.165, 1.54) is 25.8 Å². The van der Waals surface area contributed by atoms with E-state index in [2.05, 4.69) is 17.1 Å². The monoisotopic (exact) mass is 186 g/mol. The van der Waals surface area contributed by atoms with Crippen LogP contribution in [0.1, 0.15) is 26.2 Å². The average molecular weight is 186 g/mol. The lowest BCUT2D eigenvalue weighted by Gasteiger charge is -2.35. The van der Waals surface area contributed by atoms with Gasteiger partial charge in [0.1, 0.15) is 0 Å². The van der Waals surface area contributed by atoms with Crippen molar-refractivity contribution in [3.8, 4) is 0 Å². The molecule has 0 aromatic carbocycles. The molecule has 13 heavy (non-hydrogen) atoms. The quantitative estimate of drug-likeness (QED) is 0.669. The molecule has 1 aliphatic rings. The Morgan fingerprint density at radius 3 is 2.85 bits per heavy atom. The minimum absolute atomic E-state index is 0.236. The van der Waals surface area contributed by atoms with Gasteiger partial charge in [0.15, 0.2) is 0 Å². The minimum Gasteiger partial charge on any atom is -0.395 e. The molecule has 0 aromatic rings. The van der Waals surface area contributed by atoms with Gasteiger partial charge in [-0.3, -0.25) is 4.90 Å². The van der Waals surface area contributed by atoms with Crippen molar-refractivity contribution in [2.24, 2.45) is 0 Å². The molecule has 2 atom stereocenters. The van der Waals surface area contributed by atoms with Gasteiger partial charge in [0.05, 0.1) is 6.61 Å². The van der Waals surface area contributed by atoms with Gasteiger partial charge in [-0.1, -0.05) is 6.42 Å². The first kappa shape index (κ1) is 11.0. The topological polar surface area (TPSA) is 35.5 Å². The number of nitrogens with zero attached hydrogens (tertiary/aromatic N) is 1. The molecule has 1 heterocycles. The van der Waals surface area contributed by atoms with Crippen molar-refractivity contribution in [2.75, 3.05) is 26.7 Å². The van der Waals surface area contributed by atoms with Crippen LogP contribution in [0.3, 0.4) is 0 Å². The fraction of sp³-hybridized carbons (Fsp3) is 1.00. The van der Waals surface area contributed by atoms with Gasteiger partial charge in [0.2, 0.25) is 0 Å². The van der Waals surface area contributed by atoms with E-state index in [1.54, 1.807) is 0 Å². The fourth-order valence-corrected chi connectivity index (χ4v) is 1.95. The Kier molecular flexibility index (Phi) is 4.70. The second-order valence-corrected chi connectivity index (χ2v) is 4.01. The van der Waals surface area contributed by atoms with E-state index in [0.717, 1.165) is 6.54 Å². The van der Waals surface area contributed by atoms with Crippen molar-refractivity contribution in [2.45, 2.75) is 38.3 Å². The summed E-state index contributed by atoms with van der Waals surface area (Å²) in [4.78, 5) is 2.47. The summed E-state index contributed by atoms with van der Waals surface area (Å²) in [5.74, 6) is 0. The zero-order valence-corrected chi connectivity index (χ0v) is 8.79. The molecular weight excluding hydrogens is 164 g/mol.